The summed E-state index contributed by atoms with van der Waals surface area (Å²) in [4.78, 5) is 14.9. The third-order valence-corrected chi connectivity index (χ3v) is 4.49. The Kier molecular flexibility index (Phi) is 5.04. The highest BCUT2D eigenvalue weighted by atomic mass is 16.5. The van der Waals surface area contributed by atoms with E-state index in [-0.39, 0.29) is 23.5 Å². The van der Waals surface area contributed by atoms with Gasteiger partial charge in [-0.05, 0) is 32.3 Å². The van der Waals surface area contributed by atoms with E-state index in [2.05, 4.69) is 39.8 Å². The van der Waals surface area contributed by atoms with Crippen molar-refractivity contribution in [3.8, 4) is 0 Å². The van der Waals surface area contributed by atoms with E-state index < -0.39 is 0 Å². The number of carbonyl (C=O) groups is 1. The third kappa shape index (κ3) is 3.46. The van der Waals surface area contributed by atoms with Crippen LogP contribution < -0.4 is 0 Å². The van der Waals surface area contributed by atoms with Crippen LogP contribution in [0.15, 0.2) is 30.3 Å². The molecule has 3 nitrogen and oxygen atoms in total. The lowest BCUT2D eigenvalue weighted by Gasteiger charge is -2.46. The average Bonchev–Trinajstić information content (AvgIpc) is 2.49. The van der Waals surface area contributed by atoms with E-state index in [0.29, 0.717) is 13.2 Å². The SMILES string of the molecule is CCC(CC)C(=O)N1CC(c2ccccc2)OCC1(C)C. The summed E-state index contributed by atoms with van der Waals surface area (Å²) in [6, 6.07) is 10.2. The highest BCUT2D eigenvalue weighted by Gasteiger charge is 2.39. The van der Waals surface area contributed by atoms with E-state index in [4.69, 9.17) is 4.74 Å². The Morgan fingerprint density at radius 2 is 1.90 bits per heavy atom. The zero-order valence-electron chi connectivity index (χ0n) is 13.6. The molecule has 3 heteroatoms. The van der Waals surface area contributed by atoms with Crippen LogP contribution in [-0.4, -0.2) is 29.5 Å². The molecule has 1 fully saturated rings. The first-order chi connectivity index (χ1) is 9.99. The predicted octanol–water partition coefficient (Wildman–Crippen LogP) is 3.80. The van der Waals surface area contributed by atoms with Crippen molar-refractivity contribution in [2.24, 2.45) is 5.92 Å². The molecule has 21 heavy (non-hydrogen) atoms. The summed E-state index contributed by atoms with van der Waals surface area (Å²) in [5, 5.41) is 0. The Balaban J connectivity index is 2.19. The van der Waals surface area contributed by atoms with Crippen LogP contribution >= 0.6 is 0 Å². The largest absolute Gasteiger partial charge is 0.369 e. The second-order valence-electron chi connectivity index (χ2n) is 6.49. The monoisotopic (exact) mass is 289 g/mol. The van der Waals surface area contributed by atoms with Crippen molar-refractivity contribution < 1.29 is 9.53 Å². The van der Waals surface area contributed by atoms with Crippen LogP contribution in [0.2, 0.25) is 0 Å². The molecule has 0 spiro atoms. The lowest BCUT2D eigenvalue weighted by molar-refractivity contribution is -0.159. The minimum absolute atomic E-state index is 0.0162. The molecular weight excluding hydrogens is 262 g/mol. The van der Waals surface area contributed by atoms with Gasteiger partial charge in [-0.25, -0.2) is 0 Å². The fourth-order valence-corrected chi connectivity index (χ4v) is 2.96. The number of carbonyl (C=O) groups excluding carboxylic acids is 1. The Bertz CT molecular complexity index is 465. The van der Waals surface area contributed by atoms with Gasteiger partial charge in [0.05, 0.1) is 18.7 Å². The van der Waals surface area contributed by atoms with E-state index in [1.807, 2.05) is 23.1 Å². The molecule has 0 saturated carbocycles. The standard InChI is InChI=1S/C18H27NO2/c1-5-14(6-2)17(20)19-12-16(21-13-18(19,3)4)15-10-8-7-9-11-15/h7-11,14,16H,5-6,12-13H2,1-4H3. The molecule has 1 aromatic rings. The molecule has 1 amide bonds. The van der Waals surface area contributed by atoms with Crippen molar-refractivity contribution in [3.63, 3.8) is 0 Å². The quantitative estimate of drug-likeness (QED) is 0.843. The Labute approximate surface area is 128 Å². The third-order valence-electron chi connectivity index (χ3n) is 4.49. The lowest BCUT2D eigenvalue weighted by atomic mass is 9.93. The van der Waals surface area contributed by atoms with Crippen molar-refractivity contribution in [1.29, 1.82) is 0 Å². The summed E-state index contributed by atoms with van der Waals surface area (Å²) >= 11 is 0. The van der Waals surface area contributed by atoms with Crippen molar-refractivity contribution in [2.75, 3.05) is 13.2 Å². The maximum atomic E-state index is 12.8. The van der Waals surface area contributed by atoms with Crippen LogP contribution in [0.5, 0.6) is 0 Å². The van der Waals surface area contributed by atoms with Gasteiger partial charge >= 0.3 is 0 Å². The van der Waals surface area contributed by atoms with Crippen LogP contribution in [0.3, 0.4) is 0 Å². The number of morpholine rings is 1. The van der Waals surface area contributed by atoms with Gasteiger partial charge in [0, 0.05) is 5.92 Å². The Hall–Kier alpha value is -1.35. The highest BCUT2D eigenvalue weighted by molar-refractivity contribution is 5.79. The first-order valence-corrected chi connectivity index (χ1v) is 7.97. The smallest absolute Gasteiger partial charge is 0.226 e. The number of ether oxygens (including phenoxy) is 1. The molecule has 0 N–H and O–H groups in total. The molecule has 1 atom stereocenters. The molecule has 2 rings (SSSR count). The summed E-state index contributed by atoms with van der Waals surface area (Å²) in [6.07, 6.45) is 1.79. The van der Waals surface area contributed by atoms with Gasteiger partial charge in [-0.15, -0.1) is 0 Å². The summed E-state index contributed by atoms with van der Waals surface area (Å²) < 4.78 is 6.01. The zero-order valence-corrected chi connectivity index (χ0v) is 13.6. The number of hydrogen-bond donors (Lipinski definition) is 0. The van der Waals surface area contributed by atoms with Crippen LogP contribution in [0, 0.1) is 5.92 Å². The van der Waals surface area contributed by atoms with Gasteiger partial charge in [0.15, 0.2) is 0 Å². The second kappa shape index (κ2) is 6.61. The normalized spacial score (nSPS) is 21.6. The van der Waals surface area contributed by atoms with Gasteiger partial charge in [0.2, 0.25) is 5.91 Å². The van der Waals surface area contributed by atoms with E-state index in [1.165, 1.54) is 0 Å². The molecule has 1 unspecified atom stereocenters. The maximum absolute atomic E-state index is 12.8. The number of nitrogens with zero attached hydrogens (tertiary/aromatic N) is 1. The van der Waals surface area contributed by atoms with Gasteiger partial charge < -0.3 is 9.64 Å². The Morgan fingerprint density at radius 1 is 1.29 bits per heavy atom. The van der Waals surface area contributed by atoms with Crippen molar-refractivity contribution >= 4 is 5.91 Å². The van der Waals surface area contributed by atoms with E-state index in [9.17, 15) is 4.79 Å². The minimum atomic E-state index is -0.231. The summed E-state index contributed by atoms with van der Waals surface area (Å²) in [5.41, 5.74) is 0.917. The van der Waals surface area contributed by atoms with E-state index in [0.717, 1.165) is 18.4 Å². The summed E-state index contributed by atoms with van der Waals surface area (Å²) in [5.74, 6) is 0.396. The number of hydrogen-bond acceptors (Lipinski definition) is 2. The zero-order chi connectivity index (χ0) is 15.5. The number of amides is 1. The van der Waals surface area contributed by atoms with Crippen LogP contribution in [0.1, 0.15) is 52.2 Å². The van der Waals surface area contributed by atoms with E-state index in [1.54, 1.807) is 0 Å². The second-order valence-corrected chi connectivity index (χ2v) is 6.49. The van der Waals surface area contributed by atoms with Crippen LogP contribution in [-0.2, 0) is 9.53 Å². The summed E-state index contributed by atoms with van der Waals surface area (Å²) in [6.45, 7) is 9.59. The van der Waals surface area contributed by atoms with Gasteiger partial charge in [-0.3, -0.25) is 4.79 Å². The average molecular weight is 289 g/mol. The van der Waals surface area contributed by atoms with Crippen molar-refractivity contribution in [1.82, 2.24) is 4.90 Å². The fourth-order valence-electron chi connectivity index (χ4n) is 2.96. The molecule has 0 aliphatic carbocycles. The van der Waals surface area contributed by atoms with Crippen molar-refractivity contribution in [2.45, 2.75) is 52.2 Å². The first kappa shape index (κ1) is 16.0. The molecule has 1 aliphatic rings. The molecule has 116 valence electrons. The minimum Gasteiger partial charge on any atom is -0.369 e. The fraction of sp³-hybridized carbons (Fsp3) is 0.611. The Morgan fingerprint density at radius 3 is 2.48 bits per heavy atom. The number of benzene rings is 1. The summed E-state index contributed by atoms with van der Waals surface area (Å²) in [7, 11) is 0. The molecule has 1 saturated heterocycles. The lowest BCUT2D eigenvalue weighted by Crippen LogP contribution is -2.57. The molecule has 0 aromatic heterocycles. The van der Waals surface area contributed by atoms with Gasteiger partial charge in [0.1, 0.15) is 6.10 Å². The molecule has 0 radical (unpaired) electrons. The van der Waals surface area contributed by atoms with Gasteiger partial charge in [0.25, 0.3) is 0 Å². The highest BCUT2D eigenvalue weighted by Crippen LogP contribution is 2.32. The molecular formula is C18H27NO2. The van der Waals surface area contributed by atoms with Crippen LogP contribution in [0.25, 0.3) is 0 Å². The van der Waals surface area contributed by atoms with Crippen LogP contribution in [0.4, 0.5) is 0 Å². The molecule has 1 aromatic carbocycles. The molecule has 1 aliphatic heterocycles. The topological polar surface area (TPSA) is 29.5 Å². The molecule has 0 bridgehead atoms. The number of rotatable bonds is 4. The molecule has 1 heterocycles. The van der Waals surface area contributed by atoms with Gasteiger partial charge in [-0.1, -0.05) is 44.2 Å². The van der Waals surface area contributed by atoms with Gasteiger partial charge in [-0.2, -0.15) is 0 Å². The van der Waals surface area contributed by atoms with E-state index >= 15 is 0 Å². The predicted molar refractivity (Wildman–Crippen MR) is 85.0 cm³/mol. The first-order valence-electron chi connectivity index (χ1n) is 7.97. The maximum Gasteiger partial charge on any atom is 0.226 e. The van der Waals surface area contributed by atoms with Crippen molar-refractivity contribution in [3.05, 3.63) is 35.9 Å².